The second-order valence-electron chi connectivity index (χ2n) is 5.08. The summed E-state index contributed by atoms with van der Waals surface area (Å²) >= 11 is 0. The molecule has 0 aliphatic carbocycles. The Bertz CT molecular complexity index is 626. The Morgan fingerprint density at radius 2 is 2.10 bits per heavy atom. The first-order valence-electron chi connectivity index (χ1n) is 6.52. The van der Waals surface area contributed by atoms with Crippen LogP contribution in [0.4, 0.5) is 5.82 Å². The van der Waals surface area contributed by atoms with Gasteiger partial charge in [0.1, 0.15) is 5.82 Å². The number of carbonyl (C=O) groups is 1. The number of aromatic carboxylic acids is 1. The van der Waals surface area contributed by atoms with Gasteiger partial charge in [0.05, 0.1) is 0 Å². The number of hydrogen-bond donors (Lipinski definition) is 2. The van der Waals surface area contributed by atoms with Gasteiger partial charge in [0.2, 0.25) is 0 Å². The van der Waals surface area contributed by atoms with Crippen molar-refractivity contribution in [3.05, 3.63) is 36.0 Å². The van der Waals surface area contributed by atoms with Crippen molar-refractivity contribution in [3.8, 4) is 0 Å². The molecule has 1 unspecified atom stereocenters. The van der Waals surface area contributed by atoms with Crippen LogP contribution in [-0.2, 0) is 0 Å². The molecular weight excluding hydrogens is 254 g/mol. The van der Waals surface area contributed by atoms with Crippen molar-refractivity contribution in [3.63, 3.8) is 0 Å². The summed E-state index contributed by atoms with van der Waals surface area (Å²) in [4.78, 5) is 17.4. The highest BCUT2D eigenvalue weighted by atomic mass is 16.4. The molecule has 0 bridgehead atoms. The molecule has 1 heterocycles. The molecule has 20 heavy (non-hydrogen) atoms. The van der Waals surface area contributed by atoms with Crippen molar-refractivity contribution in [1.29, 1.82) is 0 Å². The van der Waals surface area contributed by atoms with Gasteiger partial charge in [-0.15, -0.1) is 0 Å². The van der Waals surface area contributed by atoms with E-state index in [1.165, 1.54) is 0 Å². The number of aromatic nitrogens is 1. The first kappa shape index (κ1) is 14.3. The number of likely N-dealkylation sites (N-methyl/N-ethyl adjacent to an activating group) is 1. The van der Waals surface area contributed by atoms with E-state index in [2.05, 4.69) is 22.1 Å². The molecule has 1 aromatic heterocycles. The maximum absolute atomic E-state index is 11.1. The molecule has 106 valence electrons. The number of nitrogens with one attached hydrogen (secondary N) is 1. The molecule has 1 aromatic carbocycles. The Morgan fingerprint density at radius 1 is 1.40 bits per heavy atom. The lowest BCUT2D eigenvalue weighted by atomic mass is 10.1. The van der Waals surface area contributed by atoms with Gasteiger partial charge < -0.3 is 15.3 Å². The van der Waals surface area contributed by atoms with Gasteiger partial charge in [0, 0.05) is 18.0 Å². The molecule has 2 rings (SSSR count). The number of hydrogen-bond acceptors (Lipinski definition) is 4. The minimum Gasteiger partial charge on any atom is -0.477 e. The second-order valence-corrected chi connectivity index (χ2v) is 5.08. The van der Waals surface area contributed by atoms with E-state index in [9.17, 15) is 4.79 Å². The molecule has 0 aliphatic rings. The number of nitrogens with zero attached hydrogens (tertiary/aromatic N) is 2. The fraction of sp³-hybridized carbons (Fsp3) is 0.333. The van der Waals surface area contributed by atoms with Crippen LogP contribution in [0.5, 0.6) is 0 Å². The third kappa shape index (κ3) is 3.05. The number of anilines is 1. The number of carboxylic acid groups (broad SMARTS) is 1. The number of fused-ring (bicyclic) bond motifs is 1. The third-order valence-electron chi connectivity index (χ3n) is 3.41. The van der Waals surface area contributed by atoms with Crippen molar-refractivity contribution < 1.29 is 9.90 Å². The SMILES string of the molecule is CC(CNc1nc(C(=O)O)cc2ccccc12)N(C)C. The smallest absolute Gasteiger partial charge is 0.354 e. The highest BCUT2D eigenvalue weighted by Gasteiger charge is 2.12. The van der Waals surface area contributed by atoms with Crippen LogP contribution in [0.15, 0.2) is 30.3 Å². The van der Waals surface area contributed by atoms with E-state index in [4.69, 9.17) is 5.11 Å². The molecular formula is C15H19N3O2. The lowest BCUT2D eigenvalue weighted by molar-refractivity contribution is 0.0691. The fourth-order valence-electron chi connectivity index (χ4n) is 1.87. The van der Waals surface area contributed by atoms with Crippen molar-refractivity contribution in [2.24, 2.45) is 0 Å². The van der Waals surface area contributed by atoms with Crippen LogP contribution in [0.3, 0.4) is 0 Å². The maximum atomic E-state index is 11.1. The van der Waals surface area contributed by atoms with Crippen molar-refractivity contribution in [1.82, 2.24) is 9.88 Å². The highest BCUT2D eigenvalue weighted by Crippen LogP contribution is 2.22. The lowest BCUT2D eigenvalue weighted by Gasteiger charge is -2.21. The molecule has 0 fully saturated rings. The minimum absolute atomic E-state index is 0.0590. The van der Waals surface area contributed by atoms with Gasteiger partial charge in [-0.25, -0.2) is 9.78 Å². The van der Waals surface area contributed by atoms with Crippen LogP contribution >= 0.6 is 0 Å². The standard InChI is InChI=1S/C15H19N3O2/c1-10(18(2)3)9-16-14-12-7-5-4-6-11(12)8-13(17-14)15(19)20/h4-8,10H,9H2,1-3H3,(H,16,17)(H,19,20). The zero-order valence-corrected chi connectivity index (χ0v) is 11.9. The molecule has 0 aliphatic heterocycles. The Kier molecular flexibility index (Phi) is 4.20. The molecule has 0 amide bonds. The van der Waals surface area contributed by atoms with E-state index < -0.39 is 5.97 Å². The minimum atomic E-state index is -1.01. The van der Waals surface area contributed by atoms with Gasteiger partial charge >= 0.3 is 5.97 Å². The Balaban J connectivity index is 2.37. The van der Waals surface area contributed by atoms with E-state index in [1.54, 1.807) is 6.07 Å². The van der Waals surface area contributed by atoms with Gasteiger partial charge in [0.25, 0.3) is 0 Å². The molecule has 0 spiro atoms. The van der Waals surface area contributed by atoms with E-state index in [0.717, 1.165) is 10.8 Å². The predicted octanol–water partition coefficient (Wildman–Crippen LogP) is 2.29. The second kappa shape index (κ2) is 5.88. The van der Waals surface area contributed by atoms with E-state index in [-0.39, 0.29) is 5.69 Å². The number of pyridine rings is 1. The summed E-state index contributed by atoms with van der Waals surface area (Å²) in [6, 6.07) is 9.56. The topological polar surface area (TPSA) is 65.5 Å². The van der Waals surface area contributed by atoms with Gasteiger partial charge in [-0.05, 0) is 32.5 Å². The summed E-state index contributed by atoms with van der Waals surface area (Å²) in [6.07, 6.45) is 0. The highest BCUT2D eigenvalue weighted by molar-refractivity contribution is 5.97. The van der Waals surface area contributed by atoms with Crippen molar-refractivity contribution in [2.75, 3.05) is 26.0 Å². The van der Waals surface area contributed by atoms with Crippen LogP contribution in [0.1, 0.15) is 17.4 Å². The van der Waals surface area contributed by atoms with Gasteiger partial charge in [-0.3, -0.25) is 0 Å². The molecule has 2 N–H and O–H groups in total. The first-order valence-corrected chi connectivity index (χ1v) is 6.52. The summed E-state index contributed by atoms with van der Waals surface area (Å²) in [5, 5.41) is 14.2. The molecule has 0 radical (unpaired) electrons. The van der Waals surface area contributed by atoms with Crippen LogP contribution in [0, 0.1) is 0 Å². The molecule has 5 nitrogen and oxygen atoms in total. The third-order valence-corrected chi connectivity index (χ3v) is 3.41. The monoisotopic (exact) mass is 273 g/mol. The van der Waals surface area contributed by atoms with Gasteiger partial charge in [-0.2, -0.15) is 0 Å². The van der Waals surface area contributed by atoms with E-state index in [1.807, 2.05) is 38.4 Å². The van der Waals surface area contributed by atoms with E-state index >= 15 is 0 Å². The summed E-state index contributed by atoms with van der Waals surface area (Å²) < 4.78 is 0. The average Bonchev–Trinajstić information content (AvgIpc) is 2.43. The Morgan fingerprint density at radius 3 is 2.75 bits per heavy atom. The summed E-state index contributed by atoms with van der Waals surface area (Å²) in [6.45, 7) is 2.79. The van der Waals surface area contributed by atoms with Crippen LogP contribution in [0.25, 0.3) is 10.8 Å². The van der Waals surface area contributed by atoms with Crippen molar-refractivity contribution in [2.45, 2.75) is 13.0 Å². The number of benzene rings is 1. The van der Waals surface area contributed by atoms with Crippen LogP contribution in [0.2, 0.25) is 0 Å². The fourth-order valence-corrected chi connectivity index (χ4v) is 1.87. The van der Waals surface area contributed by atoms with E-state index in [0.29, 0.717) is 18.4 Å². The molecule has 2 aromatic rings. The van der Waals surface area contributed by atoms with Crippen LogP contribution < -0.4 is 5.32 Å². The molecule has 0 saturated heterocycles. The number of carboxylic acids is 1. The molecule has 5 heteroatoms. The zero-order chi connectivity index (χ0) is 14.7. The zero-order valence-electron chi connectivity index (χ0n) is 11.9. The van der Waals surface area contributed by atoms with Crippen molar-refractivity contribution >= 4 is 22.6 Å². The summed E-state index contributed by atoms with van der Waals surface area (Å²) in [7, 11) is 4.01. The lowest BCUT2D eigenvalue weighted by Crippen LogP contribution is -2.31. The number of rotatable bonds is 5. The average molecular weight is 273 g/mol. The summed E-state index contributed by atoms with van der Waals surface area (Å²) in [5.41, 5.74) is 0.0590. The quantitative estimate of drug-likeness (QED) is 0.875. The summed E-state index contributed by atoms with van der Waals surface area (Å²) in [5.74, 6) is -0.395. The Labute approximate surface area is 118 Å². The maximum Gasteiger partial charge on any atom is 0.354 e. The molecule has 1 atom stereocenters. The normalized spacial score (nSPS) is 12.6. The first-order chi connectivity index (χ1) is 9.49. The molecule has 0 saturated carbocycles. The van der Waals surface area contributed by atoms with Crippen LogP contribution in [-0.4, -0.2) is 47.6 Å². The Hall–Kier alpha value is -2.14. The van der Waals surface area contributed by atoms with Gasteiger partial charge in [-0.1, -0.05) is 24.3 Å². The van der Waals surface area contributed by atoms with Gasteiger partial charge in [0.15, 0.2) is 5.69 Å². The largest absolute Gasteiger partial charge is 0.477 e. The predicted molar refractivity (Wildman–Crippen MR) is 80.3 cm³/mol.